The van der Waals surface area contributed by atoms with Crippen LogP contribution in [0.4, 0.5) is 0 Å². The Morgan fingerprint density at radius 1 is 1.69 bits per heavy atom. The van der Waals surface area contributed by atoms with E-state index in [0.29, 0.717) is 6.61 Å². The van der Waals surface area contributed by atoms with Gasteiger partial charge in [0.15, 0.2) is 0 Å². The molecule has 0 spiro atoms. The van der Waals surface area contributed by atoms with E-state index >= 15 is 0 Å². The van der Waals surface area contributed by atoms with Crippen molar-refractivity contribution in [2.45, 2.75) is 26.7 Å². The minimum absolute atomic E-state index is 0.000377. The maximum Gasteiger partial charge on any atom is 0.310 e. The van der Waals surface area contributed by atoms with Gasteiger partial charge in [0, 0.05) is 13.1 Å². The van der Waals surface area contributed by atoms with Gasteiger partial charge in [-0.05, 0) is 33.2 Å². The van der Waals surface area contributed by atoms with Crippen LogP contribution in [-0.2, 0) is 9.53 Å². The van der Waals surface area contributed by atoms with Gasteiger partial charge in [-0.25, -0.2) is 0 Å². The Balaban J connectivity index is 2.41. The molecule has 0 aromatic carbocycles. The van der Waals surface area contributed by atoms with E-state index in [1.165, 1.54) is 0 Å². The fraction of sp³-hybridized carbons (Fsp3) is 0.833. The van der Waals surface area contributed by atoms with Gasteiger partial charge >= 0.3 is 5.97 Å². The average molecular weight is 224 g/mol. The number of piperidine rings is 1. The summed E-state index contributed by atoms with van der Waals surface area (Å²) in [7, 11) is 0. The fourth-order valence-electron chi connectivity index (χ4n) is 2.10. The number of carbonyl (C=O) groups is 1. The predicted molar refractivity (Wildman–Crippen MR) is 60.6 cm³/mol. The molecule has 0 aromatic heterocycles. The molecule has 1 heterocycles. The van der Waals surface area contributed by atoms with Crippen LogP contribution in [0, 0.1) is 23.2 Å². The van der Waals surface area contributed by atoms with Gasteiger partial charge in [-0.2, -0.15) is 5.26 Å². The maximum absolute atomic E-state index is 11.6. The normalized spacial score (nSPS) is 23.4. The second-order valence-corrected chi connectivity index (χ2v) is 4.38. The topological polar surface area (TPSA) is 53.3 Å². The molecule has 0 amide bonds. The Kier molecular flexibility index (Phi) is 5.27. The van der Waals surface area contributed by atoms with Gasteiger partial charge in [0.2, 0.25) is 0 Å². The SMILES string of the molecule is CCOC(=O)[C@@H]1CCCN(C[C@H](C)C#N)C1. The number of esters is 1. The van der Waals surface area contributed by atoms with E-state index < -0.39 is 0 Å². The summed E-state index contributed by atoms with van der Waals surface area (Å²) < 4.78 is 5.03. The lowest BCUT2D eigenvalue weighted by atomic mass is 9.97. The van der Waals surface area contributed by atoms with Gasteiger partial charge in [0.1, 0.15) is 0 Å². The molecule has 0 bridgehead atoms. The van der Waals surface area contributed by atoms with Crippen molar-refractivity contribution in [3.8, 4) is 6.07 Å². The molecule has 4 heteroatoms. The molecule has 2 atom stereocenters. The van der Waals surface area contributed by atoms with Gasteiger partial charge in [0.05, 0.1) is 24.5 Å². The summed E-state index contributed by atoms with van der Waals surface area (Å²) in [4.78, 5) is 13.8. The van der Waals surface area contributed by atoms with E-state index in [2.05, 4.69) is 11.0 Å². The monoisotopic (exact) mass is 224 g/mol. The zero-order chi connectivity index (χ0) is 12.0. The Morgan fingerprint density at radius 2 is 2.44 bits per heavy atom. The first-order valence-electron chi connectivity index (χ1n) is 5.96. The molecule has 4 nitrogen and oxygen atoms in total. The Morgan fingerprint density at radius 3 is 3.06 bits per heavy atom. The van der Waals surface area contributed by atoms with Gasteiger partial charge in [0.25, 0.3) is 0 Å². The second kappa shape index (κ2) is 6.49. The molecule has 0 aromatic rings. The molecule has 1 fully saturated rings. The van der Waals surface area contributed by atoms with Crippen molar-refractivity contribution >= 4 is 5.97 Å². The van der Waals surface area contributed by atoms with Crippen LogP contribution >= 0.6 is 0 Å². The molecule has 16 heavy (non-hydrogen) atoms. The third-order valence-electron chi connectivity index (χ3n) is 2.88. The van der Waals surface area contributed by atoms with Crippen LogP contribution in [0.25, 0.3) is 0 Å². The summed E-state index contributed by atoms with van der Waals surface area (Å²) >= 11 is 0. The Bertz CT molecular complexity index is 273. The van der Waals surface area contributed by atoms with Crippen LogP contribution in [0.5, 0.6) is 0 Å². The number of rotatable bonds is 4. The number of likely N-dealkylation sites (tertiary alicyclic amines) is 1. The van der Waals surface area contributed by atoms with Crippen molar-refractivity contribution in [2.75, 3.05) is 26.2 Å². The molecule has 0 radical (unpaired) electrons. The van der Waals surface area contributed by atoms with Crippen molar-refractivity contribution in [2.24, 2.45) is 11.8 Å². The number of nitrogens with zero attached hydrogens (tertiary/aromatic N) is 2. The standard InChI is InChI=1S/C12H20N2O2/c1-3-16-12(15)11-5-4-6-14(9-11)8-10(2)7-13/h10-11H,3-6,8-9H2,1-2H3/t10-,11-/m1/s1. The molecule has 1 rings (SSSR count). The molecule has 90 valence electrons. The molecule has 0 saturated carbocycles. The molecule has 0 N–H and O–H groups in total. The highest BCUT2D eigenvalue weighted by Gasteiger charge is 2.27. The lowest BCUT2D eigenvalue weighted by molar-refractivity contribution is -0.149. The first-order chi connectivity index (χ1) is 7.67. The minimum Gasteiger partial charge on any atom is -0.466 e. The van der Waals surface area contributed by atoms with E-state index in [1.807, 2.05) is 13.8 Å². The zero-order valence-corrected chi connectivity index (χ0v) is 10.1. The highest BCUT2D eigenvalue weighted by atomic mass is 16.5. The lowest BCUT2D eigenvalue weighted by Crippen LogP contribution is -2.41. The summed E-state index contributed by atoms with van der Waals surface area (Å²) in [5.74, 6) is -0.0580. The lowest BCUT2D eigenvalue weighted by Gasteiger charge is -2.31. The van der Waals surface area contributed by atoms with E-state index in [9.17, 15) is 4.79 Å². The molecular weight excluding hydrogens is 204 g/mol. The maximum atomic E-state index is 11.6. The van der Waals surface area contributed by atoms with E-state index in [1.54, 1.807) is 0 Å². The van der Waals surface area contributed by atoms with Gasteiger partial charge in [-0.15, -0.1) is 0 Å². The van der Waals surface area contributed by atoms with Crippen LogP contribution < -0.4 is 0 Å². The highest BCUT2D eigenvalue weighted by molar-refractivity contribution is 5.72. The summed E-state index contributed by atoms with van der Waals surface area (Å²) in [6, 6.07) is 2.22. The molecule has 0 aliphatic carbocycles. The second-order valence-electron chi connectivity index (χ2n) is 4.38. The fourth-order valence-corrected chi connectivity index (χ4v) is 2.10. The van der Waals surface area contributed by atoms with E-state index in [4.69, 9.17) is 10.00 Å². The minimum atomic E-state index is -0.0863. The molecule has 0 unspecified atom stereocenters. The zero-order valence-electron chi connectivity index (χ0n) is 10.1. The number of nitriles is 1. The van der Waals surface area contributed by atoms with Crippen molar-refractivity contribution in [1.82, 2.24) is 4.90 Å². The van der Waals surface area contributed by atoms with Gasteiger partial charge in [-0.1, -0.05) is 0 Å². The molecule has 1 aliphatic heterocycles. The van der Waals surface area contributed by atoms with Crippen molar-refractivity contribution < 1.29 is 9.53 Å². The van der Waals surface area contributed by atoms with Gasteiger partial charge in [-0.3, -0.25) is 4.79 Å². The Labute approximate surface area is 97.2 Å². The number of carbonyl (C=O) groups excluding carboxylic acids is 1. The predicted octanol–water partition coefficient (Wildman–Crippen LogP) is 1.42. The summed E-state index contributed by atoms with van der Waals surface area (Å²) in [5, 5.41) is 8.76. The molecule has 1 aliphatic rings. The average Bonchev–Trinajstić information content (AvgIpc) is 2.29. The van der Waals surface area contributed by atoms with Crippen molar-refractivity contribution in [1.29, 1.82) is 5.26 Å². The third-order valence-corrected chi connectivity index (χ3v) is 2.88. The summed E-state index contributed by atoms with van der Waals surface area (Å²) in [6.45, 7) is 6.67. The van der Waals surface area contributed by atoms with Crippen LogP contribution in [0.3, 0.4) is 0 Å². The third kappa shape index (κ3) is 3.82. The number of hydrogen-bond donors (Lipinski definition) is 0. The quantitative estimate of drug-likeness (QED) is 0.678. The summed E-state index contributed by atoms with van der Waals surface area (Å²) in [6.07, 6.45) is 1.93. The van der Waals surface area contributed by atoms with E-state index in [0.717, 1.165) is 32.5 Å². The van der Waals surface area contributed by atoms with Crippen LogP contribution in [0.1, 0.15) is 26.7 Å². The highest BCUT2D eigenvalue weighted by Crippen LogP contribution is 2.18. The number of ether oxygens (including phenoxy) is 1. The molecule has 1 saturated heterocycles. The largest absolute Gasteiger partial charge is 0.466 e. The van der Waals surface area contributed by atoms with E-state index in [-0.39, 0.29) is 17.8 Å². The first-order valence-corrected chi connectivity index (χ1v) is 5.96. The van der Waals surface area contributed by atoms with Crippen LogP contribution in [0.15, 0.2) is 0 Å². The Hall–Kier alpha value is -1.08. The van der Waals surface area contributed by atoms with Crippen LogP contribution in [-0.4, -0.2) is 37.1 Å². The van der Waals surface area contributed by atoms with Gasteiger partial charge < -0.3 is 9.64 Å². The summed E-state index contributed by atoms with van der Waals surface area (Å²) in [5.41, 5.74) is 0. The van der Waals surface area contributed by atoms with Crippen molar-refractivity contribution in [3.05, 3.63) is 0 Å². The van der Waals surface area contributed by atoms with Crippen LogP contribution in [0.2, 0.25) is 0 Å². The first kappa shape index (κ1) is 13.0. The molecular formula is C12H20N2O2. The smallest absolute Gasteiger partial charge is 0.310 e. The van der Waals surface area contributed by atoms with Crippen molar-refractivity contribution in [3.63, 3.8) is 0 Å². The number of hydrogen-bond acceptors (Lipinski definition) is 4.